The molecule has 1 amide bonds. The number of benzene rings is 1. The minimum atomic E-state index is -4.84. The van der Waals surface area contributed by atoms with E-state index in [4.69, 9.17) is 4.74 Å². The van der Waals surface area contributed by atoms with E-state index in [0.29, 0.717) is 5.75 Å². The predicted molar refractivity (Wildman–Crippen MR) is 83.6 cm³/mol. The zero-order valence-electron chi connectivity index (χ0n) is 12.4. The second kappa shape index (κ2) is 7.14. The number of ether oxygens (including phenoxy) is 1. The van der Waals surface area contributed by atoms with Crippen LogP contribution < -0.4 is 5.32 Å². The first kappa shape index (κ1) is 18.2. The van der Waals surface area contributed by atoms with Crippen molar-refractivity contribution in [3.05, 3.63) is 29.8 Å². The molecule has 1 atom stereocenters. The van der Waals surface area contributed by atoms with Crippen LogP contribution >= 0.6 is 11.8 Å². The number of amides is 1. The Kier molecular flexibility index (Phi) is 5.64. The summed E-state index contributed by atoms with van der Waals surface area (Å²) >= 11 is 1.69. The molecule has 1 aromatic rings. The summed E-state index contributed by atoms with van der Waals surface area (Å²) in [6, 6.07) is 4.95. The Balaban J connectivity index is 2.21. The summed E-state index contributed by atoms with van der Waals surface area (Å²) in [6.07, 6.45) is 0.755. The summed E-state index contributed by atoms with van der Waals surface area (Å²) in [7, 11) is -3.29. The van der Waals surface area contributed by atoms with Crippen LogP contribution in [-0.2, 0) is 14.6 Å². The number of hydrogen-bond acceptors (Lipinski definition) is 5. The summed E-state index contributed by atoms with van der Waals surface area (Å²) in [5.74, 6) is -2.67. The number of carbonyl (C=O) groups is 1. The first-order valence-corrected chi connectivity index (χ1v) is 9.55. The van der Waals surface area contributed by atoms with Gasteiger partial charge < -0.3 is 10.1 Å². The third-order valence-corrected chi connectivity index (χ3v) is 6.41. The van der Waals surface area contributed by atoms with Crippen molar-refractivity contribution < 1.29 is 26.7 Å². The molecule has 1 heterocycles. The first-order valence-electron chi connectivity index (χ1n) is 6.85. The van der Waals surface area contributed by atoms with Gasteiger partial charge in [-0.05, 0) is 24.3 Å². The van der Waals surface area contributed by atoms with Gasteiger partial charge in [-0.15, -0.1) is 0 Å². The molecule has 23 heavy (non-hydrogen) atoms. The van der Waals surface area contributed by atoms with Gasteiger partial charge in [-0.25, -0.2) is 8.42 Å². The molecule has 1 fully saturated rings. The van der Waals surface area contributed by atoms with Crippen molar-refractivity contribution in [2.45, 2.75) is 22.7 Å². The van der Waals surface area contributed by atoms with Gasteiger partial charge in [0.05, 0.1) is 16.1 Å². The lowest BCUT2D eigenvalue weighted by Gasteiger charge is -2.27. The van der Waals surface area contributed by atoms with Gasteiger partial charge in [-0.2, -0.15) is 20.5 Å². The van der Waals surface area contributed by atoms with E-state index in [-0.39, 0.29) is 12.1 Å². The zero-order chi connectivity index (χ0) is 17.1. The van der Waals surface area contributed by atoms with E-state index in [0.717, 1.165) is 18.2 Å². The molecule has 0 radical (unpaired) electrons. The smallest absolute Gasteiger partial charge is 0.341 e. The molecule has 5 nitrogen and oxygen atoms in total. The van der Waals surface area contributed by atoms with E-state index < -0.39 is 32.0 Å². The maximum Gasteiger partial charge on any atom is 0.341 e. The largest absolute Gasteiger partial charge is 0.376 e. The number of rotatable bonds is 6. The number of hydrogen-bond donors (Lipinski definition) is 1. The van der Waals surface area contributed by atoms with E-state index in [9.17, 15) is 22.0 Å². The SMILES string of the molecule is CO[C@]1(CNC(=O)c2ccccc2S(=O)(=O)C(F)F)CCSC1. The molecule has 0 saturated carbocycles. The summed E-state index contributed by atoms with van der Waals surface area (Å²) in [5, 5.41) is 2.60. The van der Waals surface area contributed by atoms with E-state index in [1.165, 1.54) is 18.2 Å². The summed E-state index contributed by atoms with van der Waals surface area (Å²) in [4.78, 5) is 11.6. The van der Waals surface area contributed by atoms with Crippen molar-refractivity contribution in [1.29, 1.82) is 0 Å². The lowest BCUT2D eigenvalue weighted by Crippen LogP contribution is -2.44. The molecule has 1 aliphatic rings. The fourth-order valence-corrected chi connectivity index (χ4v) is 4.62. The number of thioether (sulfide) groups is 1. The summed E-state index contributed by atoms with van der Waals surface area (Å²) in [5.41, 5.74) is -0.790. The van der Waals surface area contributed by atoms with Gasteiger partial charge in [-0.1, -0.05) is 12.1 Å². The van der Waals surface area contributed by atoms with E-state index >= 15 is 0 Å². The highest BCUT2D eigenvalue weighted by atomic mass is 32.2. The molecule has 1 aliphatic heterocycles. The van der Waals surface area contributed by atoms with Gasteiger partial charge in [0.25, 0.3) is 5.91 Å². The third kappa shape index (κ3) is 3.84. The van der Waals surface area contributed by atoms with Gasteiger partial charge in [0, 0.05) is 19.4 Å². The van der Waals surface area contributed by atoms with Gasteiger partial charge in [0.1, 0.15) is 0 Å². The van der Waals surface area contributed by atoms with Crippen molar-refractivity contribution in [2.24, 2.45) is 0 Å². The molecular formula is C14H17F2NO4S2. The number of halogens is 2. The van der Waals surface area contributed by atoms with Crippen LogP contribution in [0.4, 0.5) is 8.78 Å². The lowest BCUT2D eigenvalue weighted by atomic mass is 10.0. The molecule has 0 aliphatic carbocycles. The summed E-state index contributed by atoms with van der Waals surface area (Å²) < 4.78 is 54.3. The fourth-order valence-electron chi connectivity index (χ4n) is 2.30. The number of alkyl halides is 2. The van der Waals surface area contributed by atoms with Crippen LogP contribution in [0.25, 0.3) is 0 Å². The second-order valence-corrected chi connectivity index (χ2v) is 8.17. The molecular weight excluding hydrogens is 348 g/mol. The Hall–Kier alpha value is -1.19. The predicted octanol–water partition coefficient (Wildman–Crippen LogP) is 1.93. The van der Waals surface area contributed by atoms with Gasteiger partial charge in [-0.3, -0.25) is 4.79 Å². The van der Waals surface area contributed by atoms with E-state index in [1.807, 2.05) is 0 Å². The van der Waals surface area contributed by atoms with Crippen LogP contribution in [0.5, 0.6) is 0 Å². The number of nitrogens with one attached hydrogen (secondary N) is 1. The Morgan fingerprint density at radius 2 is 2.13 bits per heavy atom. The maximum absolute atomic E-state index is 12.7. The van der Waals surface area contributed by atoms with Crippen LogP contribution in [0.1, 0.15) is 16.8 Å². The Morgan fingerprint density at radius 1 is 1.43 bits per heavy atom. The average Bonchev–Trinajstić information content (AvgIpc) is 3.02. The van der Waals surface area contributed by atoms with Crippen molar-refractivity contribution in [1.82, 2.24) is 5.32 Å². The molecule has 9 heteroatoms. The van der Waals surface area contributed by atoms with E-state index in [2.05, 4.69) is 5.32 Å². The average molecular weight is 365 g/mol. The number of sulfone groups is 1. The van der Waals surface area contributed by atoms with Crippen LogP contribution in [0, 0.1) is 0 Å². The quantitative estimate of drug-likeness (QED) is 0.834. The molecule has 0 bridgehead atoms. The van der Waals surface area contributed by atoms with Crippen LogP contribution in [0.15, 0.2) is 29.2 Å². The van der Waals surface area contributed by atoms with Gasteiger partial charge in [0.15, 0.2) is 0 Å². The molecule has 128 valence electrons. The fraction of sp³-hybridized carbons (Fsp3) is 0.500. The van der Waals surface area contributed by atoms with Gasteiger partial charge >= 0.3 is 5.76 Å². The molecule has 1 saturated heterocycles. The molecule has 0 spiro atoms. The number of methoxy groups -OCH3 is 1. The van der Waals surface area contributed by atoms with Crippen molar-refractivity contribution in [2.75, 3.05) is 25.2 Å². The monoisotopic (exact) mass is 365 g/mol. The highest BCUT2D eigenvalue weighted by Crippen LogP contribution is 2.30. The Morgan fingerprint density at radius 3 is 2.70 bits per heavy atom. The van der Waals surface area contributed by atoms with Crippen molar-refractivity contribution in [3.8, 4) is 0 Å². The highest BCUT2D eigenvalue weighted by molar-refractivity contribution is 7.99. The third-order valence-electron chi connectivity index (χ3n) is 3.74. The topological polar surface area (TPSA) is 72.5 Å². The molecule has 0 aromatic heterocycles. The normalized spacial score (nSPS) is 21.6. The molecule has 2 rings (SSSR count). The number of carbonyl (C=O) groups excluding carboxylic acids is 1. The van der Waals surface area contributed by atoms with E-state index in [1.54, 1.807) is 18.9 Å². The maximum atomic E-state index is 12.7. The van der Waals surface area contributed by atoms with Gasteiger partial charge in [0.2, 0.25) is 9.84 Å². The Bertz CT molecular complexity index is 673. The zero-order valence-corrected chi connectivity index (χ0v) is 14.1. The second-order valence-electron chi connectivity index (χ2n) is 5.17. The van der Waals surface area contributed by atoms with Crippen molar-refractivity contribution >= 4 is 27.5 Å². The standard InChI is InChI=1S/C14H17F2NO4S2/c1-21-14(6-7-22-9-14)8-17-12(18)10-4-2-3-5-11(10)23(19,20)13(15)16/h2-5,13H,6-9H2,1H3,(H,17,18)/t14-/m0/s1. The van der Waals surface area contributed by atoms with Crippen molar-refractivity contribution in [3.63, 3.8) is 0 Å². The lowest BCUT2D eigenvalue weighted by molar-refractivity contribution is 0.0137. The molecule has 1 aromatic carbocycles. The van der Waals surface area contributed by atoms with Crippen LogP contribution in [0.2, 0.25) is 0 Å². The van der Waals surface area contributed by atoms with Crippen LogP contribution in [-0.4, -0.2) is 50.8 Å². The Labute approximate surface area is 137 Å². The summed E-state index contributed by atoms with van der Waals surface area (Å²) in [6.45, 7) is 0.193. The first-order chi connectivity index (χ1) is 10.8. The highest BCUT2D eigenvalue weighted by Gasteiger charge is 2.36. The molecule has 0 unspecified atom stereocenters. The molecule has 1 N–H and O–H groups in total. The van der Waals surface area contributed by atoms with Crippen LogP contribution in [0.3, 0.4) is 0 Å². The minimum Gasteiger partial charge on any atom is -0.376 e. The minimum absolute atomic E-state index is 0.193.